The predicted molar refractivity (Wildman–Crippen MR) is 246 cm³/mol. The molecule has 0 N–H and O–H groups in total. The number of aromatic nitrogens is 6. The van der Waals surface area contributed by atoms with Gasteiger partial charge in [0.05, 0.1) is 0 Å². The Balaban J connectivity index is 1.20. The maximum Gasteiger partial charge on any atom is 0.164 e. The van der Waals surface area contributed by atoms with Crippen molar-refractivity contribution >= 4 is 27.6 Å². The molecule has 7 aromatic carbocycles. The van der Waals surface area contributed by atoms with Crippen LogP contribution in [0.25, 0.3) is 84.6 Å². The summed E-state index contributed by atoms with van der Waals surface area (Å²) in [6.07, 6.45) is 3.14. The zero-order valence-electron chi connectivity index (χ0n) is 35.4. The van der Waals surface area contributed by atoms with Gasteiger partial charge in [-0.25, -0.2) is 29.9 Å². The molecule has 0 radical (unpaired) electrons. The van der Waals surface area contributed by atoms with Gasteiger partial charge in [0.1, 0.15) is 5.82 Å². The molecule has 60 heavy (non-hydrogen) atoms. The highest BCUT2D eigenvalue weighted by molar-refractivity contribution is 6.16. The Labute approximate surface area is 351 Å². The van der Waals surface area contributed by atoms with Crippen LogP contribution in [0.4, 0.5) is 0 Å². The minimum atomic E-state index is -0.0752. The summed E-state index contributed by atoms with van der Waals surface area (Å²) in [5.74, 6) is 4.18. The zero-order valence-corrected chi connectivity index (χ0v) is 35.4. The lowest BCUT2D eigenvalue weighted by atomic mass is 9.82. The van der Waals surface area contributed by atoms with Crippen LogP contribution in [0.1, 0.15) is 68.2 Å². The average Bonchev–Trinajstić information content (AvgIpc) is 3.22. The van der Waals surface area contributed by atoms with Crippen molar-refractivity contribution in [2.45, 2.75) is 67.7 Å². The van der Waals surface area contributed by atoms with E-state index in [4.69, 9.17) is 29.9 Å². The minimum absolute atomic E-state index is 0.0752. The van der Waals surface area contributed by atoms with Crippen LogP contribution < -0.4 is 5.22 Å². The molecule has 1 unspecified atom stereocenters. The van der Waals surface area contributed by atoms with Gasteiger partial charge in [-0.2, -0.15) is 0 Å². The van der Waals surface area contributed by atoms with Gasteiger partial charge in [0.25, 0.3) is 0 Å². The van der Waals surface area contributed by atoms with E-state index in [9.17, 15) is 0 Å². The molecule has 0 fully saturated rings. The Kier molecular flexibility index (Phi) is 8.98. The molecule has 1 atom stereocenters. The molecule has 292 valence electrons. The molecule has 0 bridgehead atoms. The van der Waals surface area contributed by atoms with Crippen molar-refractivity contribution in [2.24, 2.45) is 0 Å². The summed E-state index contributed by atoms with van der Waals surface area (Å²) in [6.45, 7) is 17.1. The van der Waals surface area contributed by atoms with E-state index in [2.05, 4.69) is 171 Å². The van der Waals surface area contributed by atoms with Gasteiger partial charge in [-0.1, -0.05) is 109 Å². The van der Waals surface area contributed by atoms with Crippen LogP contribution >= 0.6 is 0 Å². The molecule has 2 aromatic heterocycles. The van der Waals surface area contributed by atoms with Crippen molar-refractivity contribution in [3.05, 3.63) is 170 Å². The van der Waals surface area contributed by atoms with Crippen molar-refractivity contribution < 1.29 is 0 Å². The summed E-state index contributed by atoms with van der Waals surface area (Å²) in [4.78, 5) is 31.7. The third-order valence-electron chi connectivity index (χ3n) is 12.6. The van der Waals surface area contributed by atoms with Gasteiger partial charge in [-0.15, -0.1) is 0 Å². The first-order valence-electron chi connectivity index (χ1n) is 20.8. The molecule has 0 saturated heterocycles. The first-order valence-corrected chi connectivity index (χ1v) is 20.8. The van der Waals surface area contributed by atoms with Crippen molar-refractivity contribution in [1.29, 1.82) is 0 Å². The highest BCUT2D eigenvalue weighted by Gasteiger charge is 2.28. The molecular weight excluding hydrogens is 733 g/mol. The Bertz CT molecular complexity index is 3070. The summed E-state index contributed by atoms with van der Waals surface area (Å²) >= 11 is 0. The SMILES string of the molecule is Cc1cccc(C)c1-c1nc(-c2c(C)cccc2C)nc(-c2ccc3ccc4c5c(ccc2c35)=CCC4c2nc(-c3c(C)cccc3C)nc(-c3c(C)cccc3C)n2)n1. The number of benzene rings is 7. The second-order valence-electron chi connectivity index (χ2n) is 16.7. The molecular formula is C54H46N6. The van der Waals surface area contributed by atoms with Gasteiger partial charge in [0.15, 0.2) is 29.1 Å². The van der Waals surface area contributed by atoms with E-state index < -0.39 is 0 Å². The monoisotopic (exact) mass is 778 g/mol. The normalized spacial score (nSPS) is 13.6. The predicted octanol–water partition coefficient (Wildman–Crippen LogP) is 12.2. The maximum absolute atomic E-state index is 5.35. The van der Waals surface area contributed by atoms with Crippen LogP contribution in [0, 0.1) is 55.4 Å². The van der Waals surface area contributed by atoms with E-state index in [1.807, 2.05) is 0 Å². The van der Waals surface area contributed by atoms with E-state index in [1.54, 1.807) is 0 Å². The van der Waals surface area contributed by atoms with E-state index in [1.165, 1.54) is 26.9 Å². The van der Waals surface area contributed by atoms with Crippen molar-refractivity contribution in [3.63, 3.8) is 0 Å². The van der Waals surface area contributed by atoms with Crippen LogP contribution in [0.2, 0.25) is 0 Å². The molecule has 0 amide bonds. The quantitative estimate of drug-likeness (QED) is 0.167. The van der Waals surface area contributed by atoms with Crippen molar-refractivity contribution in [2.75, 3.05) is 0 Å². The van der Waals surface area contributed by atoms with Crippen LogP contribution in [-0.2, 0) is 0 Å². The second-order valence-corrected chi connectivity index (χ2v) is 16.7. The third-order valence-corrected chi connectivity index (χ3v) is 12.6. The minimum Gasteiger partial charge on any atom is -0.212 e. The van der Waals surface area contributed by atoms with Gasteiger partial charge in [0, 0.05) is 33.7 Å². The van der Waals surface area contributed by atoms with E-state index in [-0.39, 0.29) is 5.92 Å². The molecule has 9 aromatic rings. The number of rotatable bonds is 6. The summed E-state index contributed by atoms with van der Waals surface area (Å²) in [6, 6.07) is 38.9. The molecule has 0 saturated carbocycles. The molecule has 2 heterocycles. The van der Waals surface area contributed by atoms with E-state index in [0.29, 0.717) is 17.5 Å². The number of aryl methyl sites for hydroxylation is 8. The lowest BCUT2D eigenvalue weighted by Crippen LogP contribution is -2.18. The Hall–Kier alpha value is -6.92. The Morgan fingerprint density at radius 3 is 1.23 bits per heavy atom. The molecule has 1 aliphatic rings. The first kappa shape index (κ1) is 37.4. The summed E-state index contributed by atoms with van der Waals surface area (Å²) in [5.41, 5.74) is 15.5. The lowest BCUT2D eigenvalue weighted by Gasteiger charge is -2.24. The lowest BCUT2D eigenvalue weighted by molar-refractivity contribution is 0.762. The number of hydrogen-bond donors (Lipinski definition) is 0. The zero-order chi connectivity index (χ0) is 41.4. The Morgan fingerprint density at radius 1 is 0.383 bits per heavy atom. The molecule has 0 aliphatic heterocycles. The number of nitrogens with zero attached hydrogens (tertiary/aromatic N) is 6. The molecule has 6 heteroatoms. The fraction of sp³-hybridized carbons (Fsp3) is 0.185. The number of hydrogen-bond acceptors (Lipinski definition) is 6. The molecule has 10 rings (SSSR count). The summed E-state index contributed by atoms with van der Waals surface area (Å²) in [7, 11) is 0. The fourth-order valence-corrected chi connectivity index (χ4v) is 9.63. The topological polar surface area (TPSA) is 77.3 Å². The Morgan fingerprint density at radius 2 is 0.783 bits per heavy atom. The second kappa shape index (κ2) is 14.4. The van der Waals surface area contributed by atoms with E-state index in [0.717, 1.165) is 102 Å². The van der Waals surface area contributed by atoms with Crippen molar-refractivity contribution in [3.8, 4) is 56.9 Å². The largest absolute Gasteiger partial charge is 0.212 e. The molecule has 6 nitrogen and oxygen atoms in total. The summed E-state index contributed by atoms with van der Waals surface area (Å²) < 4.78 is 0. The molecule has 1 aliphatic carbocycles. The highest BCUT2D eigenvalue weighted by Crippen LogP contribution is 2.42. The highest BCUT2D eigenvalue weighted by atomic mass is 15.0. The van der Waals surface area contributed by atoms with Crippen LogP contribution in [0.3, 0.4) is 0 Å². The summed E-state index contributed by atoms with van der Waals surface area (Å²) in [5, 5.41) is 5.93. The molecule has 0 spiro atoms. The van der Waals surface area contributed by atoms with E-state index >= 15 is 0 Å². The van der Waals surface area contributed by atoms with Crippen LogP contribution in [0.5, 0.6) is 0 Å². The van der Waals surface area contributed by atoms with Gasteiger partial charge >= 0.3 is 0 Å². The average molecular weight is 779 g/mol. The van der Waals surface area contributed by atoms with Crippen LogP contribution in [0.15, 0.2) is 109 Å². The van der Waals surface area contributed by atoms with Gasteiger partial charge in [-0.05, 0) is 145 Å². The standard InChI is InChI=1S/C54H46N6/c1-29-13-9-14-30(2)43(29)51-55-49(56-52(59-51)44-31(3)15-10-16-32(44)4)41-27-23-37-22-26-40-42(28-24-38-21-25-39(41)47(37)48(38)40)50-57-53(45-33(5)17-11-18-34(45)6)60-54(58-50)46-35(7)19-12-20-36(46)8/h9-27,42H,28H2,1-8H3. The first-order chi connectivity index (χ1) is 29.0. The van der Waals surface area contributed by atoms with Crippen molar-refractivity contribution in [1.82, 2.24) is 29.9 Å². The van der Waals surface area contributed by atoms with Crippen LogP contribution in [-0.4, -0.2) is 29.9 Å². The smallest absolute Gasteiger partial charge is 0.164 e. The fourth-order valence-electron chi connectivity index (χ4n) is 9.63. The van der Waals surface area contributed by atoms with Gasteiger partial charge in [0.2, 0.25) is 0 Å². The van der Waals surface area contributed by atoms with Gasteiger partial charge in [-0.3, -0.25) is 0 Å². The van der Waals surface area contributed by atoms with Gasteiger partial charge < -0.3 is 0 Å². The maximum atomic E-state index is 5.35. The third kappa shape index (κ3) is 6.09.